The van der Waals surface area contributed by atoms with Crippen LogP contribution in [-0.2, 0) is 4.79 Å². The first-order valence-electron chi connectivity index (χ1n) is 6.49. The van der Waals surface area contributed by atoms with E-state index in [1.165, 1.54) is 25.7 Å². The Bertz CT molecular complexity index is 194. The van der Waals surface area contributed by atoms with E-state index < -0.39 is 5.97 Å². The van der Waals surface area contributed by atoms with E-state index in [4.69, 9.17) is 5.11 Å². The van der Waals surface area contributed by atoms with E-state index in [0.29, 0.717) is 12.5 Å². The molecule has 2 unspecified atom stereocenters. The second-order valence-corrected chi connectivity index (χ2v) is 4.63. The number of carbonyl (C=O) groups is 1. The minimum Gasteiger partial charge on any atom is -0.480 e. The molecule has 16 heavy (non-hydrogen) atoms. The lowest BCUT2D eigenvalue weighted by Gasteiger charge is -2.29. The average molecular weight is 229 g/mol. The molecule has 3 heteroatoms. The molecule has 96 valence electrons. The van der Waals surface area contributed by atoms with Crippen LogP contribution in [0.15, 0.2) is 0 Å². The highest BCUT2D eigenvalue weighted by molar-refractivity contribution is 5.73. The maximum Gasteiger partial charge on any atom is 0.320 e. The SMILES string of the molecule is CCCCCCC(C)N(C)C(CC)C(=O)O. The molecule has 0 saturated heterocycles. The Morgan fingerprint density at radius 1 is 1.25 bits per heavy atom. The van der Waals surface area contributed by atoms with Crippen LogP contribution in [0.1, 0.15) is 59.3 Å². The fraction of sp³-hybridized carbons (Fsp3) is 0.923. The van der Waals surface area contributed by atoms with Gasteiger partial charge in [-0.2, -0.15) is 0 Å². The second-order valence-electron chi connectivity index (χ2n) is 4.63. The quantitative estimate of drug-likeness (QED) is 0.617. The highest BCUT2D eigenvalue weighted by atomic mass is 16.4. The molecule has 0 aromatic rings. The lowest BCUT2D eigenvalue weighted by atomic mass is 10.1. The third-order valence-corrected chi connectivity index (χ3v) is 3.33. The molecular formula is C13H27NO2. The van der Waals surface area contributed by atoms with Gasteiger partial charge in [0, 0.05) is 6.04 Å². The van der Waals surface area contributed by atoms with Crippen molar-refractivity contribution in [2.75, 3.05) is 7.05 Å². The molecule has 0 saturated carbocycles. The number of rotatable bonds is 9. The lowest BCUT2D eigenvalue weighted by molar-refractivity contribution is -0.143. The van der Waals surface area contributed by atoms with Crippen molar-refractivity contribution in [3.05, 3.63) is 0 Å². The molecule has 0 rings (SSSR count). The van der Waals surface area contributed by atoms with Gasteiger partial charge >= 0.3 is 5.97 Å². The van der Waals surface area contributed by atoms with Crippen LogP contribution < -0.4 is 0 Å². The zero-order valence-electron chi connectivity index (χ0n) is 11.2. The molecule has 2 atom stereocenters. The van der Waals surface area contributed by atoms with Crippen molar-refractivity contribution in [1.29, 1.82) is 0 Å². The number of nitrogens with zero attached hydrogens (tertiary/aromatic N) is 1. The van der Waals surface area contributed by atoms with Gasteiger partial charge in [0.1, 0.15) is 6.04 Å². The van der Waals surface area contributed by atoms with E-state index in [1.54, 1.807) is 0 Å². The van der Waals surface area contributed by atoms with Crippen LogP contribution in [0.5, 0.6) is 0 Å². The van der Waals surface area contributed by atoms with Gasteiger partial charge in [-0.25, -0.2) is 0 Å². The average Bonchev–Trinajstić information content (AvgIpc) is 2.24. The molecule has 0 spiro atoms. The van der Waals surface area contributed by atoms with Gasteiger partial charge in [0.05, 0.1) is 0 Å². The van der Waals surface area contributed by atoms with Gasteiger partial charge in [0.15, 0.2) is 0 Å². The summed E-state index contributed by atoms with van der Waals surface area (Å²) in [7, 11) is 1.92. The molecule has 0 amide bonds. The van der Waals surface area contributed by atoms with Gasteiger partial charge in [0.25, 0.3) is 0 Å². The second kappa shape index (κ2) is 8.57. The minimum atomic E-state index is -0.703. The van der Waals surface area contributed by atoms with Crippen molar-refractivity contribution in [3.63, 3.8) is 0 Å². The van der Waals surface area contributed by atoms with Crippen LogP contribution in [0.3, 0.4) is 0 Å². The third-order valence-electron chi connectivity index (χ3n) is 3.33. The molecule has 1 N–H and O–H groups in total. The summed E-state index contributed by atoms with van der Waals surface area (Å²) in [4.78, 5) is 13.0. The van der Waals surface area contributed by atoms with E-state index in [0.717, 1.165) is 6.42 Å². The Morgan fingerprint density at radius 2 is 1.88 bits per heavy atom. The van der Waals surface area contributed by atoms with Gasteiger partial charge in [0.2, 0.25) is 0 Å². The monoisotopic (exact) mass is 229 g/mol. The maximum atomic E-state index is 11.0. The standard InChI is InChI=1S/C13H27NO2/c1-5-7-8-9-10-11(3)14(4)12(6-2)13(15)16/h11-12H,5-10H2,1-4H3,(H,15,16). The van der Waals surface area contributed by atoms with Crippen molar-refractivity contribution < 1.29 is 9.90 Å². The number of likely N-dealkylation sites (N-methyl/N-ethyl adjacent to an activating group) is 1. The Morgan fingerprint density at radius 3 is 2.31 bits per heavy atom. The predicted molar refractivity (Wildman–Crippen MR) is 67.7 cm³/mol. The molecule has 0 aromatic heterocycles. The van der Waals surface area contributed by atoms with Gasteiger partial charge in [-0.3, -0.25) is 9.69 Å². The molecule has 0 fully saturated rings. The summed E-state index contributed by atoms with van der Waals surface area (Å²) in [6.07, 6.45) is 6.77. The van der Waals surface area contributed by atoms with Crippen LogP contribution >= 0.6 is 0 Å². The van der Waals surface area contributed by atoms with Crippen molar-refractivity contribution >= 4 is 5.97 Å². The smallest absolute Gasteiger partial charge is 0.320 e. The van der Waals surface area contributed by atoms with E-state index >= 15 is 0 Å². The molecule has 0 aliphatic carbocycles. The van der Waals surface area contributed by atoms with Crippen molar-refractivity contribution in [2.24, 2.45) is 0 Å². The molecule has 0 aliphatic rings. The zero-order valence-corrected chi connectivity index (χ0v) is 11.2. The van der Waals surface area contributed by atoms with Crippen LogP contribution in [0, 0.1) is 0 Å². The molecule has 0 aliphatic heterocycles. The van der Waals surface area contributed by atoms with Gasteiger partial charge < -0.3 is 5.11 Å². The topological polar surface area (TPSA) is 40.5 Å². The molecule has 0 aromatic carbocycles. The summed E-state index contributed by atoms with van der Waals surface area (Å²) in [5, 5.41) is 9.06. The number of hydrogen-bond acceptors (Lipinski definition) is 2. The molecule has 0 bridgehead atoms. The van der Waals surface area contributed by atoms with Crippen LogP contribution in [0.4, 0.5) is 0 Å². The van der Waals surface area contributed by atoms with Crippen LogP contribution in [0.25, 0.3) is 0 Å². The Balaban J connectivity index is 3.95. The van der Waals surface area contributed by atoms with Gasteiger partial charge in [-0.15, -0.1) is 0 Å². The number of carboxylic acid groups (broad SMARTS) is 1. The normalized spacial score (nSPS) is 15.1. The van der Waals surface area contributed by atoms with E-state index in [1.807, 2.05) is 18.9 Å². The number of carboxylic acids is 1. The van der Waals surface area contributed by atoms with Crippen molar-refractivity contribution in [2.45, 2.75) is 71.4 Å². The minimum absolute atomic E-state index is 0.332. The first kappa shape index (κ1) is 15.4. The van der Waals surface area contributed by atoms with E-state index in [2.05, 4.69) is 13.8 Å². The summed E-state index contributed by atoms with van der Waals surface area (Å²) in [5.41, 5.74) is 0. The van der Waals surface area contributed by atoms with Gasteiger partial charge in [-0.05, 0) is 26.8 Å². The summed E-state index contributed by atoms with van der Waals surface area (Å²) >= 11 is 0. The largest absolute Gasteiger partial charge is 0.480 e. The summed E-state index contributed by atoms with van der Waals surface area (Å²) in [6.45, 7) is 6.25. The lowest BCUT2D eigenvalue weighted by Crippen LogP contribution is -2.43. The van der Waals surface area contributed by atoms with Crippen molar-refractivity contribution in [3.8, 4) is 0 Å². The summed E-state index contributed by atoms with van der Waals surface area (Å²) < 4.78 is 0. The molecule has 3 nitrogen and oxygen atoms in total. The maximum absolute atomic E-state index is 11.0. The summed E-state index contributed by atoms with van der Waals surface area (Å²) in [6, 6.07) is 0.0269. The molecule has 0 heterocycles. The van der Waals surface area contributed by atoms with Gasteiger partial charge in [-0.1, -0.05) is 39.5 Å². The Kier molecular flexibility index (Phi) is 8.26. The van der Waals surface area contributed by atoms with Crippen molar-refractivity contribution in [1.82, 2.24) is 4.90 Å². The highest BCUT2D eigenvalue weighted by Crippen LogP contribution is 2.13. The highest BCUT2D eigenvalue weighted by Gasteiger charge is 2.23. The Hall–Kier alpha value is -0.570. The first-order valence-corrected chi connectivity index (χ1v) is 6.49. The number of hydrogen-bond donors (Lipinski definition) is 1. The number of aliphatic carboxylic acids is 1. The Labute approximate surface area is 99.8 Å². The molecule has 0 radical (unpaired) electrons. The van der Waals surface area contributed by atoms with Crippen LogP contribution in [0.2, 0.25) is 0 Å². The fourth-order valence-corrected chi connectivity index (χ4v) is 2.01. The number of unbranched alkanes of at least 4 members (excludes halogenated alkanes) is 3. The van der Waals surface area contributed by atoms with Crippen LogP contribution in [-0.4, -0.2) is 35.1 Å². The fourth-order valence-electron chi connectivity index (χ4n) is 2.01. The molecular weight excluding hydrogens is 202 g/mol. The van der Waals surface area contributed by atoms with E-state index in [9.17, 15) is 4.79 Å². The predicted octanol–water partition coefficient (Wildman–Crippen LogP) is 3.14. The first-order chi connectivity index (χ1) is 7.54. The third kappa shape index (κ3) is 5.50. The zero-order chi connectivity index (χ0) is 12.6. The summed E-state index contributed by atoms with van der Waals surface area (Å²) in [5.74, 6) is -0.703. The van der Waals surface area contributed by atoms with E-state index in [-0.39, 0.29) is 6.04 Å².